The molecule has 0 radical (unpaired) electrons. The third-order valence-electron chi connectivity index (χ3n) is 10.6. The highest BCUT2D eigenvalue weighted by Gasteiger charge is 2.54. The van der Waals surface area contributed by atoms with Crippen molar-refractivity contribution in [2.45, 2.75) is 108 Å². The molecule has 57 heavy (non-hydrogen) atoms. The Balaban J connectivity index is 1.19. The Bertz CT molecular complexity index is 1900. The number of hydrogen-bond donors (Lipinski definition) is 9. The lowest BCUT2D eigenvalue weighted by atomic mass is 9.81. The van der Waals surface area contributed by atoms with Crippen molar-refractivity contribution in [1.29, 1.82) is 0 Å². The lowest BCUT2D eigenvalue weighted by molar-refractivity contribution is -0.226. The quantitative estimate of drug-likeness (QED) is 0.107. The Morgan fingerprint density at radius 3 is 2.32 bits per heavy atom. The number of carbonyl (C=O) groups is 4. The summed E-state index contributed by atoms with van der Waals surface area (Å²) in [4.78, 5) is 59.1. The van der Waals surface area contributed by atoms with Gasteiger partial charge in [-0.3, -0.25) is 14.4 Å². The molecule has 3 amide bonds. The number of carbonyl (C=O) groups excluding carboxylic acids is 3. The first-order valence-corrected chi connectivity index (χ1v) is 19.0. The average molecular weight is 789 g/mol. The van der Waals surface area contributed by atoms with E-state index in [9.17, 15) is 44.7 Å². The van der Waals surface area contributed by atoms with E-state index in [-0.39, 0.29) is 35.6 Å². The fourth-order valence-corrected chi connectivity index (χ4v) is 7.43. The van der Waals surface area contributed by atoms with Crippen LogP contribution in [0.1, 0.15) is 78.1 Å². The van der Waals surface area contributed by atoms with Gasteiger partial charge in [0, 0.05) is 62.8 Å². The first kappa shape index (κ1) is 42.7. The molecule has 1 saturated heterocycles. The monoisotopic (exact) mass is 788 g/mol. The molecule has 2 aliphatic rings. The maximum Gasteiger partial charge on any atom is 0.336 e. The van der Waals surface area contributed by atoms with Crippen LogP contribution in [0.2, 0.25) is 0 Å². The number of carboxylic acids is 1. The molecule has 16 heteroatoms. The number of nitrogens with zero attached hydrogens (tertiary/aromatic N) is 2. The number of benzene rings is 2. The zero-order valence-corrected chi connectivity index (χ0v) is 32.2. The molecule has 1 aromatic heterocycles. The highest BCUT2D eigenvalue weighted by molar-refractivity contribution is 5.95. The normalized spacial score (nSPS) is 24.6. The molecule has 0 bridgehead atoms. The Hall–Kier alpha value is -5.42. The number of amides is 3. The summed E-state index contributed by atoms with van der Waals surface area (Å²) < 4.78 is 6.03. The summed E-state index contributed by atoms with van der Waals surface area (Å²) in [5.41, 5.74) is 0.631. The summed E-state index contributed by atoms with van der Waals surface area (Å²) in [5, 5.41) is 65.2. The van der Waals surface area contributed by atoms with Crippen LogP contribution in [0.3, 0.4) is 0 Å². The van der Waals surface area contributed by atoms with Gasteiger partial charge in [0.2, 0.25) is 17.8 Å². The van der Waals surface area contributed by atoms with E-state index in [4.69, 9.17) is 4.74 Å². The fourth-order valence-electron chi connectivity index (χ4n) is 7.43. The lowest BCUT2D eigenvalue weighted by Gasteiger charge is -2.47. The van der Waals surface area contributed by atoms with Gasteiger partial charge >= 0.3 is 5.97 Å². The van der Waals surface area contributed by atoms with E-state index in [1.54, 1.807) is 50.5 Å². The molecule has 306 valence electrons. The SMILES string of the molecule is CC(=O)N[C@H]1[C@H]([C@H](O)[C@H](O)CNC(=O)c2cc(C)c(O)c(C)c2)O[C@@](C/C=C/c2cccc(CNC(=O)C3CCC(Nc4ncccn4)CC3)c2)(C(=O)O)C[C@@H]1O. The highest BCUT2D eigenvalue weighted by Crippen LogP contribution is 2.36. The smallest absolute Gasteiger partial charge is 0.336 e. The molecule has 5 rings (SSSR count). The molecular formula is C41H52N6O10. The molecule has 2 fully saturated rings. The number of aromatic hydroxyl groups is 1. The van der Waals surface area contributed by atoms with Crippen molar-refractivity contribution in [3.8, 4) is 5.75 Å². The van der Waals surface area contributed by atoms with Gasteiger partial charge in [-0.1, -0.05) is 30.4 Å². The van der Waals surface area contributed by atoms with Gasteiger partial charge in [0.15, 0.2) is 5.60 Å². The van der Waals surface area contributed by atoms with Crippen LogP contribution in [-0.4, -0.2) is 108 Å². The van der Waals surface area contributed by atoms with Crippen LogP contribution in [0.25, 0.3) is 6.08 Å². The van der Waals surface area contributed by atoms with E-state index in [2.05, 4.69) is 31.2 Å². The summed E-state index contributed by atoms with van der Waals surface area (Å²) in [6.45, 7) is 4.25. The van der Waals surface area contributed by atoms with Crippen LogP contribution in [0, 0.1) is 19.8 Å². The molecule has 0 spiro atoms. The zero-order chi connectivity index (χ0) is 41.3. The second-order valence-corrected chi connectivity index (χ2v) is 14.9. The molecular weight excluding hydrogens is 736 g/mol. The molecule has 9 N–H and O–H groups in total. The molecule has 2 heterocycles. The first-order chi connectivity index (χ1) is 27.2. The molecule has 3 aromatic rings. The molecule has 6 atom stereocenters. The second-order valence-electron chi connectivity index (χ2n) is 14.9. The molecule has 1 aliphatic heterocycles. The zero-order valence-electron chi connectivity index (χ0n) is 32.2. The largest absolute Gasteiger partial charge is 0.507 e. The minimum atomic E-state index is -2.06. The fraction of sp³-hybridized carbons (Fsp3) is 0.463. The predicted molar refractivity (Wildman–Crippen MR) is 209 cm³/mol. The van der Waals surface area contributed by atoms with Crippen molar-refractivity contribution in [2.75, 3.05) is 11.9 Å². The van der Waals surface area contributed by atoms with Gasteiger partial charge in [0.25, 0.3) is 5.91 Å². The number of rotatable bonds is 15. The number of aliphatic hydroxyl groups is 3. The van der Waals surface area contributed by atoms with Gasteiger partial charge in [0.05, 0.1) is 18.2 Å². The number of ether oxygens (including phenoxy) is 1. The van der Waals surface area contributed by atoms with Crippen molar-refractivity contribution in [3.63, 3.8) is 0 Å². The van der Waals surface area contributed by atoms with Gasteiger partial charge in [0.1, 0.15) is 18.0 Å². The van der Waals surface area contributed by atoms with Crippen molar-refractivity contribution >= 4 is 35.7 Å². The summed E-state index contributed by atoms with van der Waals surface area (Å²) >= 11 is 0. The van der Waals surface area contributed by atoms with Crippen molar-refractivity contribution in [1.82, 2.24) is 25.9 Å². The third kappa shape index (κ3) is 11.1. The number of anilines is 1. The Labute approximate surface area is 330 Å². The predicted octanol–water partition coefficient (Wildman–Crippen LogP) is 2.12. The van der Waals surface area contributed by atoms with Gasteiger partial charge < -0.3 is 51.5 Å². The van der Waals surface area contributed by atoms with Gasteiger partial charge in [-0.05, 0) is 86.1 Å². The maximum absolute atomic E-state index is 13.0. The van der Waals surface area contributed by atoms with Crippen LogP contribution in [0.4, 0.5) is 5.95 Å². The van der Waals surface area contributed by atoms with E-state index in [1.807, 2.05) is 18.2 Å². The number of phenolic OH excluding ortho intramolecular Hbond substituents is 1. The standard InChI is InChI=1S/C41H52N6O10/c1-23-17-29(18-24(2)34(23)51)38(54)45-22-32(50)35(52)36-33(46-25(3)48)31(49)20-41(57-36,39(55)56)14-5-9-26-7-4-8-27(19-26)21-44-37(53)28-10-12-30(13-11-28)47-40-42-15-6-16-43-40/h4-9,15-19,28,30-33,35-36,49-52H,10-14,20-22H2,1-3H3,(H,44,53)(H,45,54)(H,46,48)(H,55,56)(H,42,43,47)/b9-5+/t28?,30?,31-,32+,33+,35+,36+,41+/m0/s1. The van der Waals surface area contributed by atoms with Crippen molar-refractivity contribution < 1.29 is 49.4 Å². The van der Waals surface area contributed by atoms with Crippen molar-refractivity contribution in [2.24, 2.45) is 5.92 Å². The first-order valence-electron chi connectivity index (χ1n) is 19.0. The summed E-state index contributed by atoms with van der Waals surface area (Å²) in [5.74, 6) is -2.12. The second kappa shape index (κ2) is 19.1. The van der Waals surface area contributed by atoms with Crippen LogP contribution in [0.5, 0.6) is 5.75 Å². The van der Waals surface area contributed by atoms with E-state index >= 15 is 0 Å². The van der Waals surface area contributed by atoms with E-state index < -0.39 is 66.8 Å². The maximum atomic E-state index is 13.0. The minimum Gasteiger partial charge on any atom is -0.507 e. The molecule has 2 aromatic carbocycles. The van der Waals surface area contributed by atoms with E-state index in [0.29, 0.717) is 29.2 Å². The molecule has 1 aliphatic carbocycles. The van der Waals surface area contributed by atoms with Crippen LogP contribution in [0.15, 0.2) is 60.9 Å². The van der Waals surface area contributed by atoms with E-state index in [1.165, 1.54) is 19.1 Å². The van der Waals surface area contributed by atoms with Gasteiger partial charge in [-0.15, -0.1) is 0 Å². The number of nitrogens with one attached hydrogen (secondary N) is 4. The molecule has 0 unspecified atom stereocenters. The van der Waals surface area contributed by atoms with Crippen LogP contribution in [-0.2, 0) is 25.7 Å². The number of hydrogen-bond acceptors (Lipinski definition) is 12. The number of aliphatic carboxylic acids is 1. The van der Waals surface area contributed by atoms with Gasteiger partial charge in [-0.25, -0.2) is 14.8 Å². The minimum absolute atomic E-state index is 0.0222. The molecule has 1 saturated carbocycles. The lowest BCUT2D eigenvalue weighted by Crippen LogP contribution is -2.67. The summed E-state index contributed by atoms with van der Waals surface area (Å²) in [7, 11) is 0. The Kier molecular flexibility index (Phi) is 14.4. The summed E-state index contributed by atoms with van der Waals surface area (Å²) in [6.07, 6.45) is 2.37. The number of phenols is 1. The number of aliphatic hydroxyl groups excluding tert-OH is 3. The van der Waals surface area contributed by atoms with Crippen LogP contribution < -0.4 is 21.3 Å². The average Bonchev–Trinajstić information content (AvgIpc) is 3.19. The highest BCUT2D eigenvalue weighted by atomic mass is 16.6. The number of aryl methyl sites for hydroxylation is 2. The van der Waals surface area contributed by atoms with Crippen LogP contribution >= 0.6 is 0 Å². The Morgan fingerprint density at radius 1 is 0.982 bits per heavy atom. The van der Waals surface area contributed by atoms with Crippen molar-refractivity contribution in [3.05, 3.63) is 88.8 Å². The summed E-state index contributed by atoms with van der Waals surface area (Å²) in [6, 6.07) is 10.9. The van der Waals surface area contributed by atoms with E-state index in [0.717, 1.165) is 31.2 Å². The topological polar surface area (TPSA) is 253 Å². The number of aromatic nitrogens is 2. The van der Waals surface area contributed by atoms with Gasteiger partial charge in [-0.2, -0.15) is 0 Å². The number of carboxylic acid groups (broad SMARTS) is 1. The third-order valence-corrected chi connectivity index (χ3v) is 10.6. The molecule has 16 nitrogen and oxygen atoms in total. The Morgan fingerprint density at radius 2 is 1.67 bits per heavy atom.